The quantitative estimate of drug-likeness (QED) is 0.324. The number of carbonyl (C=O) groups is 2. The Hall–Kier alpha value is -3.74. The van der Waals surface area contributed by atoms with Crippen LogP contribution >= 0.6 is 11.8 Å². The van der Waals surface area contributed by atoms with Gasteiger partial charge in [0.25, 0.3) is 5.91 Å². The lowest BCUT2D eigenvalue weighted by Gasteiger charge is -2.27. The molecular weight excluding hydrogens is 468 g/mol. The number of thioether (sulfide) groups is 1. The van der Waals surface area contributed by atoms with Gasteiger partial charge in [-0.3, -0.25) is 9.59 Å². The van der Waals surface area contributed by atoms with Crippen LogP contribution in [0.2, 0.25) is 0 Å². The van der Waals surface area contributed by atoms with Crippen molar-refractivity contribution in [1.29, 1.82) is 0 Å². The summed E-state index contributed by atoms with van der Waals surface area (Å²) < 4.78 is 5.46. The summed E-state index contributed by atoms with van der Waals surface area (Å²) in [6.45, 7) is 2.67. The minimum atomic E-state index is -0.251. The zero-order chi connectivity index (χ0) is 24.7. The minimum Gasteiger partial charge on any atom is -0.378 e. The maximum absolute atomic E-state index is 13.2. The first-order chi connectivity index (χ1) is 17.7. The summed E-state index contributed by atoms with van der Waals surface area (Å²) >= 11 is 1.40. The Morgan fingerprint density at radius 3 is 2.00 bits per heavy atom. The van der Waals surface area contributed by atoms with Crippen LogP contribution in [0.5, 0.6) is 0 Å². The molecule has 0 unspecified atom stereocenters. The van der Waals surface area contributed by atoms with Crippen LogP contribution in [0.3, 0.4) is 0 Å². The van der Waals surface area contributed by atoms with Gasteiger partial charge in [-0.1, -0.05) is 91.0 Å². The molecule has 2 aliphatic heterocycles. The third-order valence-electron chi connectivity index (χ3n) is 6.11. The Morgan fingerprint density at radius 1 is 0.833 bits per heavy atom. The molecule has 180 valence electrons. The lowest BCUT2D eigenvalue weighted by atomic mass is 9.93. The van der Waals surface area contributed by atoms with Gasteiger partial charge in [0.05, 0.1) is 18.1 Å². The Bertz CT molecular complexity index is 1330. The molecule has 0 saturated carbocycles. The SMILES string of the molecule is O=C1N=C(N2CCOCC2)SC1=C(C=C(CC(=O)c1ccccc1)c1ccccc1)c1ccccc1. The number of nitrogens with zero attached hydrogens (tertiary/aromatic N) is 2. The summed E-state index contributed by atoms with van der Waals surface area (Å²) in [5.74, 6) is -0.225. The lowest BCUT2D eigenvalue weighted by Crippen LogP contribution is -2.38. The van der Waals surface area contributed by atoms with Crippen LogP contribution < -0.4 is 0 Å². The first kappa shape index (κ1) is 24.0. The molecule has 0 spiro atoms. The number of amides is 1. The molecule has 36 heavy (non-hydrogen) atoms. The van der Waals surface area contributed by atoms with Crippen molar-refractivity contribution in [1.82, 2.24) is 4.90 Å². The van der Waals surface area contributed by atoms with Crippen molar-refractivity contribution in [2.24, 2.45) is 4.99 Å². The van der Waals surface area contributed by atoms with E-state index in [4.69, 9.17) is 4.74 Å². The fourth-order valence-corrected chi connectivity index (χ4v) is 5.26. The fourth-order valence-electron chi connectivity index (χ4n) is 4.22. The molecule has 6 heteroatoms. The number of benzene rings is 3. The first-order valence-corrected chi connectivity index (χ1v) is 12.8. The number of amidine groups is 1. The predicted octanol–water partition coefficient (Wildman–Crippen LogP) is 5.72. The number of ketones is 1. The molecule has 0 bridgehead atoms. The Labute approximate surface area is 215 Å². The zero-order valence-corrected chi connectivity index (χ0v) is 20.6. The van der Waals surface area contributed by atoms with Crippen molar-refractivity contribution in [2.75, 3.05) is 26.3 Å². The van der Waals surface area contributed by atoms with Gasteiger partial charge in [0.15, 0.2) is 11.0 Å². The average Bonchev–Trinajstić information content (AvgIpc) is 3.34. The molecular formula is C30H26N2O3S. The van der Waals surface area contributed by atoms with E-state index in [1.807, 2.05) is 97.1 Å². The number of carbonyl (C=O) groups excluding carboxylic acids is 2. The highest BCUT2D eigenvalue weighted by atomic mass is 32.2. The summed E-state index contributed by atoms with van der Waals surface area (Å²) in [5.41, 5.74) is 4.15. The maximum Gasteiger partial charge on any atom is 0.286 e. The molecule has 0 N–H and O–H groups in total. The Kier molecular flexibility index (Phi) is 7.55. The van der Waals surface area contributed by atoms with E-state index in [0.717, 1.165) is 22.3 Å². The number of ether oxygens (including phenoxy) is 1. The highest BCUT2D eigenvalue weighted by Gasteiger charge is 2.30. The van der Waals surface area contributed by atoms with Crippen molar-refractivity contribution in [3.63, 3.8) is 0 Å². The van der Waals surface area contributed by atoms with Crippen LogP contribution in [-0.2, 0) is 9.53 Å². The summed E-state index contributed by atoms with van der Waals surface area (Å²) in [5, 5.41) is 0.710. The summed E-state index contributed by atoms with van der Waals surface area (Å²) in [6.07, 6.45) is 2.21. The third kappa shape index (κ3) is 5.56. The summed E-state index contributed by atoms with van der Waals surface area (Å²) in [7, 11) is 0. The summed E-state index contributed by atoms with van der Waals surface area (Å²) in [6, 6.07) is 29.0. The molecule has 2 aliphatic rings. The molecule has 0 aliphatic carbocycles. The van der Waals surface area contributed by atoms with E-state index in [2.05, 4.69) is 9.89 Å². The largest absolute Gasteiger partial charge is 0.378 e. The Balaban J connectivity index is 1.57. The van der Waals surface area contributed by atoms with Gasteiger partial charge in [0.1, 0.15) is 0 Å². The van der Waals surface area contributed by atoms with Crippen LogP contribution in [0.25, 0.3) is 11.1 Å². The van der Waals surface area contributed by atoms with Gasteiger partial charge in [-0.15, -0.1) is 0 Å². The number of hydrogen-bond acceptors (Lipinski definition) is 5. The van der Waals surface area contributed by atoms with Gasteiger partial charge in [-0.2, -0.15) is 4.99 Å². The van der Waals surface area contributed by atoms with Crippen molar-refractivity contribution in [3.8, 4) is 0 Å². The van der Waals surface area contributed by atoms with Gasteiger partial charge >= 0.3 is 0 Å². The van der Waals surface area contributed by atoms with E-state index in [9.17, 15) is 9.59 Å². The lowest BCUT2D eigenvalue weighted by molar-refractivity contribution is -0.113. The van der Waals surface area contributed by atoms with Crippen LogP contribution in [0.15, 0.2) is 107 Å². The molecule has 1 amide bonds. The van der Waals surface area contributed by atoms with E-state index in [1.165, 1.54) is 11.8 Å². The van der Waals surface area contributed by atoms with Gasteiger partial charge < -0.3 is 9.64 Å². The molecule has 5 rings (SSSR count). The second-order valence-electron chi connectivity index (χ2n) is 8.51. The molecule has 1 fully saturated rings. The second kappa shape index (κ2) is 11.3. The number of aliphatic imine (C=N–C) groups is 1. The molecule has 0 radical (unpaired) electrons. The van der Waals surface area contributed by atoms with Crippen molar-refractivity contribution in [2.45, 2.75) is 6.42 Å². The predicted molar refractivity (Wildman–Crippen MR) is 146 cm³/mol. The Morgan fingerprint density at radius 2 is 1.39 bits per heavy atom. The average molecular weight is 495 g/mol. The molecule has 0 aromatic heterocycles. The standard InChI is InChI=1S/C30H26N2O3S/c33-27(24-14-8-3-9-15-24)21-25(22-10-4-1-5-11-22)20-26(23-12-6-2-7-13-23)28-29(34)31-30(36-28)32-16-18-35-19-17-32/h1-15,20H,16-19,21H2. The van der Waals surface area contributed by atoms with Gasteiger partial charge in [0.2, 0.25) is 0 Å². The zero-order valence-electron chi connectivity index (χ0n) is 19.8. The van der Waals surface area contributed by atoms with E-state index in [0.29, 0.717) is 41.9 Å². The van der Waals surface area contributed by atoms with Crippen molar-refractivity contribution >= 4 is 39.8 Å². The van der Waals surface area contributed by atoms with Crippen molar-refractivity contribution < 1.29 is 14.3 Å². The second-order valence-corrected chi connectivity index (χ2v) is 9.49. The smallest absolute Gasteiger partial charge is 0.286 e. The number of morpholine rings is 1. The van der Waals surface area contributed by atoms with Crippen LogP contribution in [0.4, 0.5) is 0 Å². The van der Waals surface area contributed by atoms with Crippen LogP contribution in [0.1, 0.15) is 27.9 Å². The number of Topliss-reactive ketones (excluding diaryl/α,β-unsaturated/α-hetero) is 1. The molecule has 3 aromatic carbocycles. The topological polar surface area (TPSA) is 59.0 Å². The molecule has 3 aromatic rings. The van der Waals surface area contributed by atoms with E-state index in [1.54, 1.807) is 0 Å². The normalized spacial score (nSPS) is 17.7. The number of allylic oxidation sites excluding steroid dienone is 3. The molecule has 1 saturated heterocycles. The van der Waals surface area contributed by atoms with E-state index < -0.39 is 0 Å². The molecule has 0 atom stereocenters. The molecule has 5 nitrogen and oxygen atoms in total. The van der Waals surface area contributed by atoms with Crippen LogP contribution in [0, 0.1) is 0 Å². The number of rotatable bonds is 6. The van der Waals surface area contributed by atoms with E-state index >= 15 is 0 Å². The van der Waals surface area contributed by atoms with E-state index in [-0.39, 0.29) is 18.1 Å². The molecule has 2 heterocycles. The van der Waals surface area contributed by atoms with Crippen molar-refractivity contribution in [3.05, 3.63) is 119 Å². The van der Waals surface area contributed by atoms with Gasteiger partial charge in [-0.05, 0) is 34.5 Å². The first-order valence-electron chi connectivity index (χ1n) is 12.0. The van der Waals surface area contributed by atoms with Gasteiger partial charge in [0, 0.05) is 30.6 Å². The highest BCUT2D eigenvalue weighted by molar-refractivity contribution is 8.18. The highest BCUT2D eigenvalue weighted by Crippen LogP contribution is 2.38. The van der Waals surface area contributed by atoms with Crippen LogP contribution in [-0.4, -0.2) is 48.1 Å². The summed E-state index contributed by atoms with van der Waals surface area (Å²) in [4.78, 5) is 33.5. The monoisotopic (exact) mass is 494 g/mol. The van der Waals surface area contributed by atoms with Gasteiger partial charge in [-0.25, -0.2) is 0 Å². The fraction of sp³-hybridized carbons (Fsp3) is 0.167. The number of hydrogen-bond donors (Lipinski definition) is 0. The third-order valence-corrected chi connectivity index (χ3v) is 7.24. The minimum absolute atomic E-state index is 0.0266. The maximum atomic E-state index is 13.2.